The lowest BCUT2D eigenvalue weighted by molar-refractivity contribution is -0.127. The first-order chi connectivity index (χ1) is 10.1. The van der Waals surface area contributed by atoms with Gasteiger partial charge >= 0.3 is 0 Å². The predicted octanol–water partition coefficient (Wildman–Crippen LogP) is 1.87. The standard InChI is InChI=1S/C16H24N2O3/c1-5-9-18-16(19)12(3)21-15-10-14(20-4)8-7-13(15)11-17-6-2/h5,7-8,10,12,17H,1,6,9,11H2,2-4H3,(H,18,19). The van der Waals surface area contributed by atoms with Gasteiger partial charge in [-0.25, -0.2) is 0 Å². The molecule has 0 radical (unpaired) electrons. The van der Waals surface area contributed by atoms with Crippen LogP contribution in [0.3, 0.4) is 0 Å². The van der Waals surface area contributed by atoms with E-state index in [2.05, 4.69) is 17.2 Å². The summed E-state index contributed by atoms with van der Waals surface area (Å²) in [6, 6.07) is 5.61. The third kappa shape index (κ3) is 5.47. The molecule has 0 saturated carbocycles. The van der Waals surface area contributed by atoms with E-state index in [4.69, 9.17) is 9.47 Å². The highest BCUT2D eigenvalue weighted by Crippen LogP contribution is 2.25. The molecule has 1 rings (SSSR count). The maximum absolute atomic E-state index is 11.9. The van der Waals surface area contributed by atoms with Crippen molar-refractivity contribution < 1.29 is 14.3 Å². The monoisotopic (exact) mass is 292 g/mol. The summed E-state index contributed by atoms with van der Waals surface area (Å²) in [6.45, 7) is 9.29. The number of rotatable bonds is 9. The van der Waals surface area contributed by atoms with Crippen molar-refractivity contribution in [1.29, 1.82) is 0 Å². The summed E-state index contributed by atoms with van der Waals surface area (Å²) in [4.78, 5) is 11.9. The number of amides is 1. The van der Waals surface area contributed by atoms with Gasteiger partial charge in [-0.05, 0) is 19.5 Å². The molecular formula is C16H24N2O3. The maximum atomic E-state index is 11.9. The fourth-order valence-corrected chi connectivity index (χ4v) is 1.74. The Morgan fingerprint density at radius 2 is 2.24 bits per heavy atom. The minimum absolute atomic E-state index is 0.174. The van der Waals surface area contributed by atoms with E-state index in [1.165, 1.54) is 0 Å². The highest BCUT2D eigenvalue weighted by molar-refractivity contribution is 5.80. The van der Waals surface area contributed by atoms with Gasteiger partial charge in [0.15, 0.2) is 6.10 Å². The van der Waals surface area contributed by atoms with Crippen LogP contribution in [0.25, 0.3) is 0 Å². The zero-order valence-electron chi connectivity index (χ0n) is 12.9. The molecule has 1 amide bonds. The number of methoxy groups -OCH3 is 1. The second-order valence-electron chi connectivity index (χ2n) is 4.55. The number of carbonyl (C=O) groups excluding carboxylic acids is 1. The highest BCUT2D eigenvalue weighted by atomic mass is 16.5. The molecule has 0 saturated heterocycles. The minimum atomic E-state index is -0.586. The summed E-state index contributed by atoms with van der Waals surface area (Å²) < 4.78 is 11.0. The van der Waals surface area contributed by atoms with Crippen LogP contribution in [0.15, 0.2) is 30.9 Å². The van der Waals surface area contributed by atoms with Crippen LogP contribution in [0.5, 0.6) is 11.5 Å². The SMILES string of the molecule is C=CCNC(=O)C(C)Oc1cc(OC)ccc1CNCC. The van der Waals surface area contributed by atoms with Crippen molar-refractivity contribution in [1.82, 2.24) is 10.6 Å². The Labute approximate surface area is 126 Å². The van der Waals surface area contributed by atoms with Crippen LogP contribution in [-0.2, 0) is 11.3 Å². The van der Waals surface area contributed by atoms with E-state index < -0.39 is 6.10 Å². The summed E-state index contributed by atoms with van der Waals surface area (Å²) >= 11 is 0. The highest BCUT2D eigenvalue weighted by Gasteiger charge is 2.16. The van der Waals surface area contributed by atoms with E-state index in [9.17, 15) is 4.79 Å². The van der Waals surface area contributed by atoms with Gasteiger partial charge in [0.2, 0.25) is 0 Å². The molecule has 1 unspecified atom stereocenters. The van der Waals surface area contributed by atoms with Crippen LogP contribution in [0.4, 0.5) is 0 Å². The molecule has 1 atom stereocenters. The molecule has 0 spiro atoms. The van der Waals surface area contributed by atoms with Gasteiger partial charge in [-0.15, -0.1) is 6.58 Å². The van der Waals surface area contributed by atoms with Gasteiger partial charge in [-0.2, -0.15) is 0 Å². The smallest absolute Gasteiger partial charge is 0.261 e. The van der Waals surface area contributed by atoms with Gasteiger partial charge in [-0.1, -0.05) is 19.1 Å². The Morgan fingerprint density at radius 3 is 2.86 bits per heavy atom. The normalized spacial score (nSPS) is 11.6. The molecule has 21 heavy (non-hydrogen) atoms. The lowest BCUT2D eigenvalue weighted by Gasteiger charge is -2.18. The Balaban J connectivity index is 2.82. The molecule has 0 aliphatic carbocycles. The largest absolute Gasteiger partial charge is 0.497 e. The zero-order valence-corrected chi connectivity index (χ0v) is 12.9. The van der Waals surface area contributed by atoms with Crippen LogP contribution >= 0.6 is 0 Å². The van der Waals surface area contributed by atoms with E-state index >= 15 is 0 Å². The molecule has 1 aromatic carbocycles. The fraction of sp³-hybridized carbons (Fsp3) is 0.438. The maximum Gasteiger partial charge on any atom is 0.261 e. The van der Waals surface area contributed by atoms with E-state index in [-0.39, 0.29) is 5.91 Å². The first-order valence-electron chi connectivity index (χ1n) is 7.05. The van der Waals surface area contributed by atoms with Gasteiger partial charge in [0.1, 0.15) is 11.5 Å². The Bertz CT molecular complexity index is 475. The summed E-state index contributed by atoms with van der Waals surface area (Å²) in [5, 5.41) is 5.96. The number of hydrogen-bond acceptors (Lipinski definition) is 4. The van der Waals surface area contributed by atoms with Crippen molar-refractivity contribution in [3.05, 3.63) is 36.4 Å². The van der Waals surface area contributed by atoms with Crippen molar-refractivity contribution in [2.75, 3.05) is 20.2 Å². The van der Waals surface area contributed by atoms with E-state index in [1.807, 2.05) is 19.1 Å². The molecule has 0 aromatic heterocycles. The fourth-order valence-electron chi connectivity index (χ4n) is 1.74. The van der Waals surface area contributed by atoms with E-state index in [0.717, 1.165) is 12.1 Å². The first-order valence-corrected chi connectivity index (χ1v) is 7.05. The third-order valence-electron chi connectivity index (χ3n) is 2.93. The minimum Gasteiger partial charge on any atom is -0.497 e. The number of carbonyl (C=O) groups is 1. The van der Waals surface area contributed by atoms with Gasteiger partial charge in [0.25, 0.3) is 5.91 Å². The number of nitrogens with one attached hydrogen (secondary N) is 2. The average Bonchev–Trinajstić information content (AvgIpc) is 2.51. The number of hydrogen-bond donors (Lipinski definition) is 2. The van der Waals surface area contributed by atoms with Crippen LogP contribution in [0.1, 0.15) is 19.4 Å². The topological polar surface area (TPSA) is 59.6 Å². The molecule has 0 aliphatic heterocycles. The summed E-state index contributed by atoms with van der Waals surface area (Å²) in [7, 11) is 1.60. The zero-order chi connectivity index (χ0) is 15.7. The first kappa shape index (κ1) is 17.0. The Morgan fingerprint density at radius 1 is 1.48 bits per heavy atom. The van der Waals surface area contributed by atoms with Gasteiger partial charge < -0.3 is 20.1 Å². The summed E-state index contributed by atoms with van der Waals surface area (Å²) in [5.74, 6) is 1.17. The quantitative estimate of drug-likeness (QED) is 0.682. The van der Waals surface area contributed by atoms with Crippen molar-refractivity contribution in [3.63, 3.8) is 0 Å². The molecule has 0 aliphatic rings. The average molecular weight is 292 g/mol. The molecule has 2 N–H and O–H groups in total. The van der Waals surface area contributed by atoms with Crippen LogP contribution in [-0.4, -0.2) is 32.2 Å². The Hall–Kier alpha value is -2.01. The molecule has 1 aromatic rings. The van der Waals surface area contributed by atoms with E-state index in [0.29, 0.717) is 24.6 Å². The van der Waals surface area contributed by atoms with Crippen molar-refractivity contribution in [3.8, 4) is 11.5 Å². The Kier molecular flexibility index (Phi) is 7.32. The molecule has 5 heteroatoms. The van der Waals surface area contributed by atoms with Gasteiger partial charge in [0.05, 0.1) is 7.11 Å². The lowest BCUT2D eigenvalue weighted by atomic mass is 10.2. The summed E-state index contributed by atoms with van der Waals surface area (Å²) in [6.07, 6.45) is 1.05. The number of benzene rings is 1. The van der Waals surface area contributed by atoms with E-state index in [1.54, 1.807) is 26.2 Å². The van der Waals surface area contributed by atoms with Gasteiger partial charge in [0, 0.05) is 24.7 Å². The van der Waals surface area contributed by atoms with Crippen LogP contribution in [0.2, 0.25) is 0 Å². The molecule has 116 valence electrons. The van der Waals surface area contributed by atoms with Crippen molar-refractivity contribution >= 4 is 5.91 Å². The molecular weight excluding hydrogens is 268 g/mol. The molecule has 0 fully saturated rings. The van der Waals surface area contributed by atoms with Gasteiger partial charge in [-0.3, -0.25) is 4.79 Å². The molecule has 0 bridgehead atoms. The predicted molar refractivity (Wildman–Crippen MR) is 83.7 cm³/mol. The second kappa shape index (κ2) is 9.02. The van der Waals surface area contributed by atoms with Crippen LogP contribution < -0.4 is 20.1 Å². The second-order valence-corrected chi connectivity index (χ2v) is 4.55. The lowest BCUT2D eigenvalue weighted by Crippen LogP contribution is -2.36. The number of ether oxygens (including phenoxy) is 2. The van der Waals surface area contributed by atoms with Crippen LogP contribution in [0, 0.1) is 0 Å². The molecule has 0 heterocycles. The van der Waals surface area contributed by atoms with Crippen molar-refractivity contribution in [2.24, 2.45) is 0 Å². The molecule has 5 nitrogen and oxygen atoms in total. The third-order valence-corrected chi connectivity index (χ3v) is 2.93. The van der Waals surface area contributed by atoms with Crippen molar-refractivity contribution in [2.45, 2.75) is 26.5 Å². The summed E-state index contributed by atoms with van der Waals surface area (Å²) in [5.41, 5.74) is 0.987.